The summed E-state index contributed by atoms with van der Waals surface area (Å²) in [5.74, 6) is -0.237. The number of pyridine rings is 1. The number of imidazole rings is 1. The van der Waals surface area contributed by atoms with Crippen LogP contribution in [0.4, 0.5) is 15.1 Å². The van der Waals surface area contributed by atoms with Gasteiger partial charge < -0.3 is 10.3 Å². The molecule has 1 aromatic carbocycles. The third-order valence-electron chi connectivity index (χ3n) is 5.96. The predicted molar refractivity (Wildman–Crippen MR) is 128 cm³/mol. The highest BCUT2D eigenvalue weighted by atomic mass is 19.1. The Morgan fingerprint density at radius 2 is 2.09 bits per heavy atom. The first-order chi connectivity index (χ1) is 16.6. The van der Waals surface area contributed by atoms with E-state index in [1.807, 2.05) is 19.1 Å². The van der Waals surface area contributed by atoms with Gasteiger partial charge in [0.1, 0.15) is 11.2 Å². The molecule has 1 aliphatic rings. The number of aromatic amines is 1. The van der Waals surface area contributed by atoms with Crippen LogP contribution in [-0.4, -0.2) is 55.3 Å². The van der Waals surface area contributed by atoms with Crippen LogP contribution in [0.25, 0.3) is 27.8 Å². The summed E-state index contributed by atoms with van der Waals surface area (Å²) in [4.78, 5) is 26.4. The minimum absolute atomic E-state index is 0.204. The Hall–Kier alpha value is -3.79. The van der Waals surface area contributed by atoms with E-state index in [0.29, 0.717) is 28.7 Å². The number of likely N-dealkylation sites (tertiary alicyclic amines) is 1. The van der Waals surface area contributed by atoms with E-state index in [2.05, 4.69) is 35.6 Å². The summed E-state index contributed by atoms with van der Waals surface area (Å²) in [5.41, 5.74) is 3.15. The first-order valence-corrected chi connectivity index (χ1v) is 11.6. The van der Waals surface area contributed by atoms with Crippen molar-refractivity contribution in [2.75, 3.05) is 25.0 Å². The molecule has 0 spiro atoms. The zero-order valence-corrected chi connectivity index (χ0v) is 19.0. The molecule has 34 heavy (non-hydrogen) atoms. The number of benzene rings is 1. The second-order valence-electron chi connectivity index (χ2n) is 8.38. The maximum Gasteiger partial charge on any atom is 0.321 e. The number of carbonyl (C=O) groups excluding carboxylic acids is 1. The highest BCUT2D eigenvalue weighted by Gasteiger charge is 2.21. The highest BCUT2D eigenvalue weighted by Crippen LogP contribution is 2.33. The molecule has 5 rings (SSSR count). The van der Waals surface area contributed by atoms with Crippen molar-refractivity contribution < 1.29 is 9.18 Å². The molecule has 4 aromatic rings. The summed E-state index contributed by atoms with van der Waals surface area (Å²) < 4.78 is 17.3. The lowest BCUT2D eigenvalue weighted by Gasteiger charge is -2.25. The van der Waals surface area contributed by atoms with Gasteiger partial charge in [-0.1, -0.05) is 12.5 Å². The molecule has 0 atom stereocenters. The van der Waals surface area contributed by atoms with E-state index in [-0.39, 0.29) is 11.6 Å². The second-order valence-corrected chi connectivity index (χ2v) is 8.38. The molecule has 1 saturated heterocycles. The van der Waals surface area contributed by atoms with Crippen molar-refractivity contribution in [3.05, 3.63) is 54.4 Å². The number of anilines is 1. The first-order valence-electron chi connectivity index (χ1n) is 11.6. The fourth-order valence-electron chi connectivity index (χ4n) is 4.33. The van der Waals surface area contributed by atoms with Crippen LogP contribution in [0.15, 0.2) is 42.9 Å². The van der Waals surface area contributed by atoms with Crippen molar-refractivity contribution in [1.29, 1.82) is 0 Å². The summed E-state index contributed by atoms with van der Waals surface area (Å²) in [7, 11) is 0. The van der Waals surface area contributed by atoms with Crippen molar-refractivity contribution in [2.45, 2.75) is 32.7 Å². The number of halogens is 1. The van der Waals surface area contributed by atoms with Crippen LogP contribution in [0.5, 0.6) is 0 Å². The van der Waals surface area contributed by atoms with Gasteiger partial charge in [0, 0.05) is 42.8 Å². The molecule has 0 aliphatic carbocycles. The van der Waals surface area contributed by atoms with E-state index in [4.69, 9.17) is 0 Å². The zero-order chi connectivity index (χ0) is 23.5. The lowest BCUT2D eigenvalue weighted by Crippen LogP contribution is -2.29. The quantitative estimate of drug-likeness (QED) is 0.401. The summed E-state index contributed by atoms with van der Waals surface area (Å²) in [6.45, 7) is 5.28. The highest BCUT2D eigenvalue weighted by molar-refractivity contribution is 5.94. The van der Waals surface area contributed by atoms with Gasteiger partial charge in [0.15, 0.2) is 5.82 Å². The Morgan fingerprint density at radius 3 is 2.79 bits per heavy atom. The number of hydrogen-bond acceptors (Lipinski definition) is 5. The number of urea groups is 1. The minimum Gasteiger partial charge on any atom is -0.338 e. The Bertz CT molecular complexity index is 1280. The average molecular weight is 463 g/mol. The molecule has 0 unspecified atom stereocenters. The lowest BCUT2D eigenvalue weighted by molar-refractivity contribution is 0.218. The number of H-pyrrole nitrogens is 1. The zero-order valence-electron chi connectivity index (χ0n) is 19.0. The van der Waals surface area contributed by atoms with Crippen molar-refractivity contribution in [1.82, 2.24) is 34.9 Å². The van der Waals surface area contributed by atoms with Gasteiger partial charge in [0.25, 0.3) is 0 Å². The van der Waals surface area contributed by atoms with Crippen LogP contribution in [0.1, 0.15) is 31.9 Å². The van der Waals surface area contributed by atoms with Gasteiger partial charge in [-0.3, -0.25) is 15.2 Å². The smallest absolute Gasteiger partial charge is 0.321 e. The monoisotopic (exact) mass is 462 g/mol. The van der Waals surface area contributed by atoms with Gasteiger partial charge in [-0.15, -0.1) is 0 Å². The fourth-order valence-corrected chi connectivity index (χ4v) is 4.33. The van der Waals surface area contributed by atoms with Crippen molar-refractivity contribution >= 4 is 23.0 Å². The Kier molecular flexibility index (Phi) is 6.22. The van der Waals surface area contributed by atoms with Gasteiger partial charge >= 0.3 is 6.03 Å². The number of aromatic nitrogens is 5. The van der Waals surface area contributed by atoms with Gasteiger partial charge in [-0.05, 0) is 51.1 Å². The Balaban J connectivity index is 1.51. The van der Waals surface area contributed by atoms with E-state index in [0.717, 1.165) is 25.3 Å². The number of rotatable bonds is 6. The van der Waals surface area contributed by atoms with Crippen LogP contribution in [0.3, 0.4) is 0 Å². The molecule has 1 aliphatic heterocycles. The molecule has 3 aromatic heterocycles. The Labute approximate surface area is 196 Å². The molecule has 0 radical (unpaired) electrons. The van der Waals surface area contributed by atoms with Gasteiger partial charge in [0.2, 0.25) is 5.95 Å². The van der Waals surface area contributed by atoms with E-state index < -0.39 is 11.8 Å². The number of hydrogen-bond donors (Lipinski definition) is 3. The van der Waals surface area contributed by atoms with Gasteiger partial charge in [-0.2, -0.15) is 5.10 Å². The third-order valence-corrected chi connectivity index (χ3v) is 5.96. The molecule has 0 saturated carbocycles. The number of fused-ring (bicyclic) bond motifs is 1. The number of nitrogens with one attached hydrogen (secondary N) is 3. The third kappa shape index (κ3) is 4.49. The summed E-state index contributed by atoms with van der Waals surface area (Å²) in [5, 5.41) is 9.51. The van der Waals surface area contributed by atoms with Crippen LogP contribution < -0.4 is 10.6 Å². The summed E-state index contributed by atoms with van der Waals surface area (Å²) in [6.07, 6.45) is 8.68. The van der Waals surface area contributed by atoms with Gasteiger partial charge in [-0.25, -0.2) is 18.9 Å². The van der Waals surface area contributed by atoms with E-state index in [1.165, 1.54) is 23.9 Å². The Morgan fingerprint density at radius 1 is 1.24 bits per heavy atom. The van der Waals surface area contributed by atoms with Crippen LogP contribution in [0, 0.1) is 5.82 Å². The molecule has 0 bridgehead atoms. The summed E-state index contributed by atoms with van der Waals surface area (Å²) >= 11 is 0. The average Bonchev–Trinajstić information content (AvgIpc) is 3.50. The number of piperidine rings is 1. The number of carbonyl (C=O) groups is 1. The molecule has 3 N–H and O–H groups in total. The van der Waals surface area contributed by atoms with E-state index in [1.54, 1.807) is 30.7 Å². The largest absolute Gasteiger partial charge is 0.338 e. The van der Waals surface area contributed by atoms with Gasteiger partial charge in [0.05, 0.1) is 11.2 Å². The standard InChI is InChI=1S/C24H27FN8O/c1-2-26-24(34)31-23-29-19-13-18(20(25)22(21(19)30-23)33-12-6-9-28-33)16-7-8-17(27-14-16)15-32-10-4-3-5-11-32/h6-9,12-14H,2-5,10-11,15H2,1H3,(H3,26,29,30,31,34). The first kappa shape index (κ1) is 22.0. The van der Waals surface area contributed by atoms with Crippen LogP contribution in [0.2, 0.25) is 0 Å². The van der Waals surface area contributed by atoms with Crippen molar-refractivity contribution in [2.24, 2.45) is 0 Å². The molecule has 176 valence electrons. The minimum atomic E-state index is -0.460. The van der Waals surface area contributed by atoms with Crippen molar-refractivity contribution in [3.63, 3.8) is 0 Å². The maximum atomic E-state index is 15.9. The summed E-state index contributed by atoms with van der Waals surface area (Å²) in [6, 6.07) is 6.87. The number of amides is 2. The maximum absolute atomic E-state index is 15.9. The second kappa shape index (κ2) is 9.60. The van der Waals surface area contributed by atoms with E-state index >= 15 is 4.39 Å². The molecular weight excluding hydrogens is 435 g/mol. The van der Waals surface area contributed by atoms with Crippen LogP contribution in [-0.2, 0) is 6.54 Å². The molecule has 10 heteroatoms. The van der Waals surface area contributed by atoms with E-state index in [9.17, 15) is 4.79 Å². The lowest BCUT2D eigenvalue weighted by atomic mass is 10.0. The topological polar surface area (TPSA) is 104 Å². The molecule has 2 amide bonds. The SMILES string of the molecule is CCNC(=O)Nc1nc2c(-n3cccn3)c(F)c(-c3ccc(CN4CCCCC4)nc3)cc2[nH]1. The number of nitrogens with zero attached hydrogens (tertiary/aromatic N) is 5. The predicted octanol–water partition coefficient (Wildman–Crippen LogP) is 4.08. The molecule has 1 fully saturated rings. The normalized spacial score (nSPS) is 14.4. The van der Waals surface area contributed by atoms with Crippen LogP contribution >= 0.6 is 0 Å². The molecule has 4 heterocycles. The fraction of sp³-hybridized carbons (Fsp3) is 0.333. The molecular formula is C24H27FN8O. The molecule has 9 nitrogen and oxygen atoms in total. The van der Waals surface area contributed by atoms with Crippen molar-refractivity contribution in [3.8, 4) is 16.8 Å².